The molecule has 3 aromatic rings. The molecule has 0 aromatic heterocycles. The van der Waals surface area contributed by atoms with Gasteiger partial charge < -0.3 is 9.84 Å². The van der Waals surface area contributed by atoms with E-state index >= 15 is 0 Å². The normalized spacial score (nSPS) is 29.2. The molecule has 1 N–H and O–H groups in total. The van der Waals surface area contributed by atoms with Gasteiger partial charge >= 0.3 is 0 Å². The van der Waals surface area contributed by atoms with Crippen LogP contribution in [-0.2, 0) is 19.2 Å². The number of allylic oxidation sites excluding steroid dienone is 2. The average Bonchev–Trinajstić information content (AvgIpc) is 3.41. The zero-order valence-corrected chi connectivity index (χ0v) is 24.5. The lowest BCUT2D eigenvalue weighted by atomic mass is 9.51. The number of methoxy groups -OCH3 is 1. The molecule has 2 aliphatic heterocycles. The van der Waals surface area contributed by atoms with Crippen LogP contribution in [0.2, 0.25) is 0 Å². The van der Waals surface area contributed by atoms with Gasteiger partial charge in [-0.25, -0.2) is 4.90 Å². The molecule has 44 heavy (non-hydrogen) atoms. The molecule has 8 nitrogen and oxygen atoms in total. The molecule has 2 aliphatic carbocycles. The van der Waals surface area contributed by atoms with E-state index in [2.05, 4.69) is 6.58 Å². The van der Waals surface area contributed by atoms with Gasteiger partial charge in [0.2, 0.25) is 23.6 Å². The maximum Gasteiger partial charge on any atom is 0.241 e. The third-order valence-corrected chi connectivity index (χ3v) is 10.2. The molecule has 222 valence electrons. The maximum absolute atomic E-state index is 14.4. The molecule has 8 heteroatoms. The van der Waals surface area contributed by atoms with Crippen molar-refractivity contribution in [2.24, 2.45) is 29.1 Å². The van der Waals surface area contributed by atoms with Crippen LogP contribution in [0.5, 0.6) is 11.5 Å². The molecule has 7 rings (SSSR count). The summed E-state index contributed by atoms with van der Waals surface area (Å²) in [6.07, 6.45) is 4.23. The van der Waals surface area contributed by atoms with Gasteiger partial charge in [0.05, 0.1) is 41.7 Å². The number of hydrogen-bond donors (Lipinski definition) is 1. The molecule has 6 atom stereocenters. The zero-order valence-electron chi connectivity index (χ0n) is 24.5. The van der Waals surface area contributed by atoms with E-state index in [1.165, 1.54) is 23.0 Å². The standard InChI is InChI=1S/C36H32N2O6/c1-4-20-10-12-22(13-11-20)37-32(40)26-17-16-24-27(30(26)34(37)42)19-28-33(41)38(21-8-6-5-7-9-21)35(43)36(28,2)31(24)25-15-14-23(44-3)18-29(25)39/h4-16,18,26-28,30-31,39H,1,17,19H2,2-3H3. The highest BCUT2D eigenvalue weighted by Crippen LogP contribution is 2.64. The van der Waals surface area contributed by atoms with E-state index in [1.807, 2.05) is 24.3 Å². The first-order valence-corrected chi connectivity index (χ1v) is 14.8. The van der Waals surface area contributed by atoms with Crippen LogP contribution in [0.3, 0.4) is 0 Å². The number of ether oxygens (including phenoxy) is 1. The predicted molar refractivity (Wildman–Crippen MR) is 165 cm³/mol. The van der Waals surface area contributed by atoms with Crippen molar-refractivity contribution >= 4 is 41.1 Å². The lowest BCUT2D eigenvalue weighted by molar-refractivity contribution is -0.131. The predicted octanol–water partition coefficient (Wildman–Crippen LogP) is 5.48. The lowest BCUT2D eigenvalue weighted by Gasteiger charge is -2.49. The first kappa shape index (κ1) is 27.8. The highest BCUT2D eigenvalue weighted by molar-refractivity contribution is 6.25. The van der Waals surface area contributed by atoms with Crippen LogP contribution in [0.25, 0.3) is 6.08 Å². The van der Waals surface area contributed by atoms with E-state index in [0.717, 1.165) is 11.1 Å². The molecule has 2 heterocycles. The second-order valence-electron chi connectivity index (χ2n) is 12.2. The van der Waals surface area contributed by atoms with Gasteiger partial charge in [0.15, 0.2) is 0 Å². The molecule has 3 aromatic carbocycles. The SMILES string of the molecule is C=Cc1ccc(N2C(=O)C3CC=C4C(CC5C(=O)N(c6ccccc6)C(=O)C5(C)C4c4ccc(OC)cc4O)C3C2=O)cc1. The second kappa shape index (κ2) is 10.0. The number of imide groups is 2. The number of benzene rings is 3. The molecule has 4 aliphatic rings. The number of para-hydroxylation sites is 1. The number of rotatable bonds is 5. The second-order valence-corrected chi connectivity index (χ2v) is 12.2. The summed E-state index contributed by atoms with van der Waals surface area (Å²) in [5.74, 6) is -4.09. The summed E-state index contributed by atoms with van der Waals surface area (Å²) >= 11 is 0. The fourth-order valence-electron chi connectivity index (χ4n) is 8.09. The van der Waals surface area contributed by atoms with Gasteiger partial charge in [0.25, 0.3) is 0 Å². The molecular formula is C36H32N2O6. The Balaban J connectivity index is 1.36. The number of hydrogen-bond acceptors (Lipinski definition) is 6. The summed E-state index contributed by atoms with van der Waals surface area (Å²) in [5.41, 5.74) is 1.90. The number of aromatic hydroxyl groups is 1. The fraction of sp³-hybridized carbons (Fsp3) is 0.278. The smallest absolute Gasteiger partial charge is 0.241 e. The van der Waals surface area contributed by atoms with Crippen LogP contribution in [0, 0.1) is 29.1 Å². The molecule has 1 saturated carbocycles. The van der Waals surface area contributed by atoms with Crippen molar-refractivity contribution in [3.63, 3.8) is 0 Å². The van der Waals surface area contributed by atoms with Crippen molar-refractivity contribution < 1.29 is 29.0 Å². The zero-order chi connectivity index (χ0) is 30.9. The van der Waals surface area contributed by atoms with E-state index < -0.39 is 35.0 Å². The molecule has 0 radical (unpaired) electrons. The van der Waals surface area contributed by atoms with Crippen molar-refractivity contribution in [3.05, 3.63) is 102 Å². The number of amides is 4. The lowest BCUT2D eigenvalue weighted by Crippen LogP contribution is -2.48. The Bertz CT molecular complexity index is 1760. The van der Waals surface area contributed by atoms with Crippen LogP contribution in [0.1, 0.15) is 36.8 Å². The number of nitrogens with zero attached hydrogens (tertiary/aromatic N) is 2. The average molecular weight is 589 g/mol. The maximum atomic E-state index is 14.4. The van der Waals surface area contributed by atoms with Gasteiger partial charge in [0, 0.05) is 17.5 Å². The van der Waals surface area contributed by atoms with Crippen molar-refractivity contribution in [1.82, 2.24) is 0 Å². The van der Waals surface area contributed by atoms with Crippen LogP contribution in [0.15, 0.2) is 91.0 Å². The van der Waals surface area contributed by atoms with Gasteiger partial charge in [-0.2, -0.15) is 0 Å². The first-order valence-electron chi connectivity index (χ1n) is 14.8. The van der Waals surface area contributed by atoms with Gasteiger partial charge in [-0.15, -0.1) is 0 Å². The Kier molecular flexibility index (Phi) is 6.35. The number of fused-ring (bicyclic) bond motifs is 4. The van der Waals surface area contributed by atoms with Crippen LogP contribution >= 0.6 is 0 Å². The Labute approximate surface area is 255 Å². The minimum Gasteiger partial charge on any atom is -0.508 e. The summed E-state index contributed by atoms with van der Waals surface area (Å²) in [6.45, 7) is 5.57. The van der Waals surface area contributed by atoms with E-state index in [0.29, 0.717) is 29.1 Å². The van der Waals surface area contributed by atoms with E-state index in [-0.39, 0.29) is 35.8 Å². The number of carbonyl (C=O) groups is 4. The van der Waals surface area contributed by atoms with Crippen molar-refractivity contribution in [2.75, 3.05) is 16.9 Å². The third-order valence-electron chi connectivity index (χ3n) is 10.2. The molecule has 4 amide bonds. The summed E-state index contributed by atoms with van der Waals surface area (Å²) in [5, 5.41) is 11.3. The summed E-state index contributed by atoms with van der Waals surface area (Å²) in [6, 6.07) is 20.9. The molecule has 6 unspecified atom stereocenters. The Hall–Kier alpha value is -4.98. The number of phenolic OH excluding ortho intramolecular Hbond substituents is 1. The van der Waals surface area contributed by atoms with E-state index in [1.54, 1.807) is 61.5 Å². The molecule has 2 saturated heterocycles. The highest BCUT2D eigenvalue weighted by Gasteiger charge is 2.68. The molecule has 3 fully saturated rings. The fourth-order valence-corrected chi connectivity index (χ4v) is 8.09. The Morgan fingerprint density at radius 1 is 0.886 bits per heavy atom. The number of anilines is 2. The van der Waals surface area contributed by atoms with Gasteiger partial charge in [-0.1, -0.05) is 60.7 Å². The van der Waals surface area contributed by atoms with Crippen LogP contribution in [0.4, 0.5) is 11.4 Å². The Morgan fingerprint density at radius 3 is 2.25 bits per heavy atom. The van der Waals surface area contributed by atoms with Gasteiger partial charge in [-0.3, -0.25) is 24.1 Å². The van der Waals surface area contributed by atoms with Crippen LogP contribution in [-0.4, -0.2) is 35.8 Å². The minimum absolute atomic E-state index is 0.0610. The minimum atomic E-state index is -1.24. The van der Waals surface area contributed by atoms with Gasteiger partial charge in [0.1, 0.15) is 11.5 Å². The van der Waals surface area contributed by atoms with Gasteiger partial charge in [-0.05, 0) is 61.6 Å². The monoisotopic (exact) mass is 588 g/mol. The first-order chi connectivity index (χ1) is 21.2. The van der Waals surface area contributed by atoms with E-state index in [9.17, 15) is 24.3 Å². The molecular weight excluding hydrogens is 556 g/mol. The highest BCUT2D eigenvalue weighted by atomic mass is 16.5. The van der Waals surface area contributed by atoms with Crippen LogP contribution < -0.4 is 14.5 Å². The largest absolute Gasteiger partial charge is 0.508 e. The van der Waals surface area contributed by atoms with E-state index in [4.69, 9.17) is 4.74 Å². The summed E-state index contributed by atoms with van der Waals surface area (Å²) in [4.78, 5) is 59.1. The van der Waals surface area contributed by atoms with Crippen molar-refractivity contribution in [1.29, 1.82) is 0 Å². The third kappa shape index (κ3) is 3.76. The molecule has 0 spiro atoms. The quantitative estimate of drug-likeness (QED) is 0.313. The molecule has 0 bridgehead atoms. The summed E-state index contributed by atoms with van der Waals surface area (Å²) < 4.78 is 5.32. The number of phenols is 1. The summed E-state index contributed by atoms with van der Waals surface area (Å²) in [7, 11) is 1.50. The van der Waals surface area contributed by atoms with Crippen molar-refractivity contribution in [2.45, 2.75) is 25.7 Å². The topological polar surface area (TPSA) is 104 Å². The Morgan fingerprint density at radius 2 is 1.59 bits per heavy atom. The van der Waals surface area contributed by atoms with Crippen molar-refractivity contribution in [3.8, 4) is 11.5 Å². The number of carbonyl (C=O) groups excluding carboxylic acids is 4.